The van der Waals surface area contributed by atoms with Crippen LogP contribution in [-0.2, 0) is 9.53 Å². The Hall–Kier alpha value is -1.53. The molecular formula is C16H24N4O2. The number of carbonyl (C=O) groups is 1. The van der Waals surface area contributed by atoms with Gasteiger partial charge in [0.1, 0.15) is 5.82 Å². The van der Waals surface area contributed by atoms with E-state index in [1.165, 1.54) is 0 Å². The van der Waals surface area contributed by atoms with Crippen molar-refractivity contribution < 1.29 is 9.53 Å². The number of hydrogen-bond donors (Lipinski definition) is 0. The monoisotopic (exact) mass is 304 g/mol. The first-order valence-electron chi connectivity index (χ1n) is 8.10. The number of aromatic nitrogens is 2. The van der Waals surface area contributed by atoms with Crippen LogP contribution in [0.5, 0.6) is 0 Å². The van der Waals surface area contributed by atoms with Crippen molar-refractivity contribution in [2.45, 2.75) is 25.7 Å². The fourth-order valence-electron chi connectivity index (χ4n) is 3.20. The van der Waals surface area contributed by atoms with Gasteiger partial charge in [0.2, 0.25) is 5.91 Å². The van der Waals surface area contributed by atoms with Crippen LogP contribution in [0.1, 0.15) is 30.3 Å². The number of ether oxygens (including phenoxy) is 1. The summed E-state index contributed by atoms with van der Waals surface area (Å²) in [4.78, 5) is 25.4. The maximum absolute atomic E-state index is 12.5. The van der Waals surface area contributed by atoms with Crippen LogP contribution in [0, 0.1) is 6.92 Å². The van der Waals surface area contributed by atoms with E-state index in [0.717, 1.165) is 63.8 Å². The first-order valence-corrected chi connectivity index (χ1v) is 8.10. The van der Waals surface area contributed by atoms with Crippen LogP contribution in [0.2, 0.25) is 0 Å². The molecule has 0 saturated carbocycles. The van der Waals surface area contributed by atoms with Gasteiger partial charge in [-0.2, -0.15) is 0 Å². The molecule has 120 valence electrons. The number of rotatable bonds is 3. The van der Waals surface area contributed by atoms with Crippen LogP contribution < -0.4 is 0 Å². The van der Waals surface area contributed by atoms with Crippen LogP contribution in [0.3, 0.4) is 0 Å². The van der Waals surface area contributed by atoms with Gasteiger partial charge in [-0.25, -0.2) is 9.97 Å². The molecule has 0 aliphatic carbocycles. The van der Waals surface area contributed by atoms with Crippen molar-refractivity contribution in [3.63, 3.8) is 0 Å². The lowest BCUT2D eigenvalue weighted by atomic mass is 9.94. The molecule has 0 bridgehead atoms. The molecule has 6 nitrogen and oxygen atoms in total. The average Bonchev–Trinajstić information content (AvgIpc) is 2.56. The highest BCUT2D eigenvalue weighted by Gasteiger charge is 2.27. The summed E-state index contributed by atoms with van der Waals surface area (Å²) in [5.41, 5.74) is 1.07. The molecule has 1 amide bonds. The third-order valence-electron chi connectivity index (χ3n) is 4.45. The Labute approximate surface area is 131 Å². The van der Waals surface area contributed by atoms with Crippen molar-refractivity contribution in [3.05, 3.63) is 23.8 Å². The molecule has 6 heteroatoms. The number of amides is 1. The topological polar surface area (TPSA) is 58.6 Å². The molecule has 0 aromatic carbocycles. The third-order valence-corrected chi connectivity index (χ3v) is 4.45. The highest BCUT2D eigenvalue weighted by molar-refractivity contribution is 5.78. The van der Waals surface area contributed by atoms with Crippen molar-refractivity contribution in [3.8, 4) is 0 Å². The largest absolute Gasteiger partial charge is 0.379 e. The van der Waals surface area contributed by atoms with E-state index >= 15 is 0 Å². The van der Waals surface area contributed by atoms with E-state index in [-0.39, 0.29) is 5.91 Å². The number of aryl methyl sites for hydroxylation is 1. The van der Waals surface area contributed by atoms with Crippen molar-refractivity contribution in [2.75, 3.05) is 45.9 Å². The van der Waals surface area contributed by atoms with E-state index in [4.69, 9.17) is 4.74 Å². The molecule has 0 radical (unpaired) electrons. The molecule has 1 atom stereocenters. The zero-order chi connectivity index (χ0) is 15.4. The molecule has 22 heavy (non-hydrogen) atoms. The van der Waals surface area contributed by atoms with Crippen molar-refractivity contribution in [1.82, 2.24) is 19.8 Å². The Morgan fingerprint density at radius 1 is 1.36 bits per heavy atom. The third kappa shape index (κ3) is 3.81. The molecule has 0 N–H and O–H groups in total. The predicted molar refractivity (Wildman–Crippen MR) is 82.6 cm³/mol. The molecule has 2 aliphatic heterocycles. The smallest absolute Gasteiger partial charge is 0.236 e. The number of morpholine rings is 1. The summed E-state index contributed by atoms with van der Waals surface area (Å²) in [6.45, 7) is 7.24. The Morgan fingerprint density at radius 2 is 2.18 bits per heavy atom. The summed E-state index contributed by atoms with van der Waals surface area (Å²) in [5, 5.41) is 0. The minimum absolute atomic E-state index is 0.234. The molecule has 1 aromatic heterocycles. The SMILES string of the molecule is Cc1nccc([C@@H]2CCCN(C(=O)CN3CCOCC3)C2)n1. The fourth-order valence-corrected chi connectivity index (χ4v) is 3.20. The molecular weight excluding hydrogens is 280 g/mol. The Kier molecular flexibility index (Phi) is 5.00. The quantitative estimate of drug-likeness (QED) is 0.827. The Morgan fingerprint density at radius 3 is 2.95 bits per heavy atom. The summed E-state index contributed by atoms with van der Waals surface area (Å²) < 4.78 is 5.33. The van der Waals surface area contributed by atoms with Crippen molar-refractivity contribution in [2.24, 2.45) is 0 Å². The molecule has 2 saturated heterocycles. The summed E-state index contributed by atoms with van der Waals surface area (Å²) in [6, 6.07) is 1.98. The zero-order valence-corrected chi connectivity index (χ0v) is 13.2. The minimum atomic E-state index is 0.234. The maximum Gasteiger partial charge on any atom is 0.236 e. The summed E-state index contributed by atoms with van der Waals surface area (Å²) >= 11 is 0. The number of likely N-dealkylation sites (tertiary alicyclic amines) is 1. The lowest BCUT2D eigenvalue weighted by Crippen LogP contribution is -2.47. The number of carbonyl (C=O) groups excluding carboxylic acids is 1. The van der Waals surface area contributed by atoms with Crippen molar-refractivity contribution >= 4 is 5.91 Å². The van der Waals surface area contributed by atoms with Crippen LogP contribution in [0.4, 0.5) is 0 Å². The summed E-state index contributed by atoms with van der Waals surface area (Å²) in [6.07, 6.45) is 3.95. The highest BCUT2D eigenvalue weighted by atomic mass is 16.5. The van der Waals surface area contributed by atoms with Gasteiger partial charge in [0, 0.05) is 44.0 Å². The van der Waals surface area contributed by atoms with Gasteiger partial charge >= 0.3 is 0 Å². The standard InChI is InChI=1S/C16H24N4O2/c1-13-17-5-4-15(18-13)14-3-2-6-20(11-14)16(21)12-19-7-9-22-10-8-19/h4-5,14H,2-3,6-12H2,1H3/t14-/m1/s1. The van der Waals surface area contributed by atoms with E-state index < -0.39 is 0 Å². The van der Waals surface area contributed by atoms with Gasteiger partial charge in [-0.3, -0.25) is 9.69 Å². The van der Waals surface area contributed by atoms with E-state index in [1.54, 1.807) is 0 Å². The molecule has 1 aromatic rings. The highest BCUT2D eigenvalue weighted by Crippen LogP contribution is 2.25. The van der Waals surface area contributed by atoms with Gasteiger partial charge in [0.15, 0.2) is 0 Å². The predicted octanol–water partition coefficient (Wildman–Crippen LogP) is 0.823. The molecule has 3 heterocycles. The van der Waals surface area contributed by atoms with Crippen LogP contribution in [0.25, 0.3) is 0 Å². The molecule has 0 unspecified atom stereocenters. The van der Waals surface area contributed by atoms with Gasteiger partial charge in [-0.1, -0.05) is 0 Å². The fraction of sp³-hybridized carbons (Fsp3) is 0.688. The van der Waals surface area contributed by atoms with E-state index in [0.29, 0.717) is 12.5 Å². The van der Waals surface area contributed by atoms with E-state index in [2.05, 4.69) is 14.9 Å². The Bertz CT molecular complexity index is 517. The first kappa shape index (κ1) is 15.4. The van der Waals surface area contributed by atoms with Gasteiger partial charge in [0.05, 0.1) is 19.8 Å². The second-order valence-electron chi connectivity index (χ2n) is 6.10. The lowest BCUT2D eigenvalue weighted by molar-refractivity contribution is -0.134. The van der Waals surface area contributed by atoms with Crippen molar-refractivity contribution in [1.29, 1.82) is 0 Å². The molecule has 2 fully saturated rings. The molecule has 2 aliphatic rings. The maximum atomic E-state index is 12.5. The van der Waals surface area contributed by atoms with Crippen LogP contribution in [-0.4, -0.2) is 71.6 Å². The van der Waals surface area contributed by atoms with E-state index in [1.807, 2.05) is 24.1 Å². The Balaban J connectivity index is 1.58. The second kappa shape index (κ2) is 7.15. The number of piperidine rings is 1. The first-order chi connectivity index (χ1) is 10.7. The van der Waals surface area contributed by atoms with Crippen LogP contribution >= 0.6 is 0 Å². The minimum Gasteiger partial charge on any atom is -0.379 e. The van der Waals surface area contributed by atoms with Gasteiger partial charge in [-0.05, 0) is 25.8 Å². The van der Waals surface area contributed by atoms with E-state index in [9.17, 15) is 4.79 Å². The summed E-state index contributed by atoms with van der Waals surface area (Å²) in [5.74, 6) is 1.37. The van der Waals surface area contributed by atoms with Gasteiger partial charge in [0.25, 0.3) is 0 Å². The number of hydrogen-bond acceptors (Lipinski definition) is 5. The zero-order valence-electron chi connectivity index (χ0n) is 13.2. The summed E-state index contributed by atoms with van der Waals surface area (Å²) in [7, 11) is 0. The normalized spacial score (nSPS) is 23.5. The average molecular weight is 304 g/mol. The second-order valence-corrected chi connectivity index (χ2v) is 6.10. The molecule has 3 rings (SSSR count). The van der Waals surface area contributed by atoms with Crippen LogP contribution in [0.15, 0.2) is 12.3 Å². The van der Waals surface area contributed by atoms with Gasteiger partial charge < -0.3 is 9.64 Å². The molecule has 0 spiro atoms. The number of nitrogens with zero attached hydrogens (tertiary/aromatic N) is 4. The lowest BCUT2D eigenvalue weighted by Gasteiger charge is -2.34. The van der Waals surface area contributed by atoms with Gasteiger partial charge in [-0.15, -0.1) is 0 Å².